The Hall–Kier alpha value is -1.06. The summed E-state index contributed by atoms with van der Waals surface area (Å²) in [5, 5.41) is 20.6. The Morgan fingerprint density at radius 1 is 1.00 bits per heavy atom. The SMILES string of the molecule is CC1(C)c2cccc(N)c2C(C)(C)C(O)C1O. The first-order chi connectivity index (χ1) is 7.70. The average molecular weight is 235 g/mol. The first-order valence-corrected chi connectivity index (χ1v) is 5.96. The summed E-state index contributed by atoms with van der Waals surface area (Å²) < 4.78 is 0. The third kappa shape index (κ3) is 1.49. The van der Waals surface area contributed by atoms with Crippen LogP contribution in [-0.2, 0) is 10.8 Å². The molecule has 0 amide bonds. The van der Waals surface area contributed by atoms with Crippen LogP contribution in [0.4, 0.5) is 5.69 Å². The molecule has 3 nitrogen and oxygen atoms in total. The van der Waals surface area contributed by atoms with Gasteiger partial charge in [-0.25, -0.2) is 0 Å². The number of anilines is 1. The summed E-state index contributed by atoms with van der Waals surface area (Å²) >= 11 is 0. The molecule has 1 aliphatic carbocycles. The Kier molecular flexibility index (Phi) is 2.53. The second-order valence-electron chi connectivity index (χ2n) is 6.10. The minimum atomic E-state index is -0.810. The molecule has 2 unspecified atom stereocenters. The van der Waals surface area contributed by atoms with Crippen LogP contribution in [0.15, 0.2) is 18.2 Å². The molecule has 0 spiro atoms. The van der Waals surface area contributed by atoms with Gasteiger partial charge in [-0.3, -0.25) is 0 Å². The third-order valence-corrected chi connectivity index (χ3v) is 4.21. The molecule has 2 atom stereocenters. The van der Waals surface area contributed by atoms with Gasteiger partial charge < -0.3 is 15.9 Å². The molecule has 17 heavy (non-hydrogen) atoms. The second-order valence-corrected chi connectivity index (χ2v) is 6.10. The molecular formula is C14H21NO2. The molecule has 0 fully saturated rings. The number of nitrogens with two attached hydrogens (primary N) is 1. The monoisotopic (exact) mass is 235 g/mol. The summed E-state index contributed by atoms with van der Waals surface area (Å²) in [7, 11) is 0. The topological polar surface area (TPSA) is 66.5 Å². The molecule has 0 aliphatic heterocycles. The van der Waals surface area contributed by atoms with E-state index >= 15 is 0 Å². The van der Waals surface area contributed by atoms with Crippen molar-refractivity contribution >= 4 is 5.69 Å². The van der Waals surface area contributed by atoms with Crippen molar-refractivity contribution in [1.29, 1.82) is 0 Å². The lowest BCUT2D eigenvalue weighted by Gasteiger charge is -2.49. The van der Waals surface area contributed by atoms with E-state index in [0.717, 1.165) is 11.1 Å². The number of benzene rings is 1. The van der Waals surface area contributed by atoms with Gasteiger partial charge in [0.05, 0.1) is 12.2 Å². The highest BCUT2D eigenvalue weighted by Crippen LogP contribution is 2.47. The van der Waals surface area contributed by atoms with Gasteiger partial charge in [-0.05, 0) is 17.2 Å². The number of aliphatic hydroxyl groups excluding tert-OH is 2. The van der Waals surface area contributed by atoms with Crippen LogP contribution in [0, 0.1) is 0 Å². The molecule has 0 aromatic heterocycles. The van der Waals surface area contributed by atoms with Crippen LogP contribution in [0.5, 0.6) is 0 Å². The maximum absolute atomic E-state index is 10.3. The van der Waals surface area contributed by atoms with E-state index in [0.29, 0.717) is 5.69 Å². The summed E-state index contributed by atoms with van der Waals surface area (Å²) in [4.78, 5) is 0. The smallest absolute Gasteiger partial charge is 0.0899 e. The van der Waals surface area contributed by atoms with Gasteiger partial charge in [0.2, 0.25) is 0 Å². The minimum absolute atomic E-state index is 0.486. The Balaban J connectivity index is 2.78. The minimum Gasteiger partial charge on any atom is -0.398 e. The van der Waals surface area contributed by atoms with E-state index in [4.69, 9.17) is 5.73 Å². The van der Waals surface area contributed by atoms with Crippen LogP contribution in [0.2, 0.25) is 0 Å². The normalized spacial score (nSPS) is 29.8. The molecule has 0 heterocycles. The molecule has 0 radical (unpaired) electrons. The van der Waals surface area contributed by atoms with E-state index < -0.39 is 23.0 Å². The zero-order valence-electron chi connectivity index (χ0n) is 10.9. The largest absolute Gasteiger partial charge is 0.398 e. The van der Waals surface area contributed by atoms with Crippen molar-refractivity contribution in [3.05, 3.63) is 29.3 Å². The van der Waals surface area contributed by atoms with Crippen LogP contribution in [0.25, 0.3) is 0 Å². The molecule has 1 aromatic carbocycles. The first-order valence-electron chi connectivity index (χ1n) is 5.96. The van der Waals surface area contributed by atoms with Gasteiger partial charge in [0.1, 0.15) is 0 Å². The fraction of sp³-hybridized carbons (Fsp3) is 0.571. The number of rotatable bonds is 0. The lowest BCUT2D eigenvalue weighted by Crippen LogP contribution is -2.56. The fourth-order valence-electron chi connectivity index (χ4n) is 2.92. The van der Waals surface area contributed by atoms with Crippen LogP contribution in [-0.4, -0.2) is 22.4 Å². The molecule has 2 rings (SSSR count). The molecule has 0 bridgehead atoms. The van der Waals surface area contributed by atoms with Crippen LogP contribution in [0.1, 0.15) is 38.8 Å². The lowest BCUT2D eigenvalue weighted by molar-refractivity contribution is -0.0670. The molecule has 1 aromatic rings. The zero-order valence-corrected chi connectivity index (χ0v) is 10.9. The summed E-state index contributed by atoms with van der Waals surface area (Å²) in [5.41, 5.74) is 7.71. The van der Waals surface area contributed by atoms with Crippen molar-refractivity contribution < 1.29 is 10.2 Å². The maximum Gasteiger partial charge on any atom is 0.0899 e. The van der Waals surface area contributed by atoms with Crippen molar-refractivity contribution in [3.63, 3.8) is 0 Å². The molecule has 3 heteroatoms. The predicted molar refractivity (Wildman–Crippen MR) is 68.9 cm³/mol. The van der Waals surface area contributed by atoms with E-state index in [2.05, 4.69) is 0 Å². The zero-order chi connectivity index (χ0) is 13.0. The molecule has 0 saturated heterocycles. The first kappa shape index (κ1) is 12.4. The van der Waals surface area contributed by atoms with E-state index in [9.17, 15) is 10.2 Å². The Morgan fingerprint density at radius 2 is 1.53 bits per heavy atom. The number of nitrogen functional groups attached to an aromatic ring is 1. The lowest BCUT2D eigenvalue weighted by atomic mass is 9.59. The predicted octanol–water partition coefficient (Wildman–Crippen LogP) is 1.56. The maximum atomic E-state index is 10.3. The number of fused-ring (bicyclic) bond motifs is 1. The van der Waals surface area contributed by atoms with E-state index in [1.165, 1.54) is 0 Å². The van der Waals surface area contributed by atoms with Crippen molar-refractivity contribution in [2.45, 2.75) is 50.7 Å². The quantitative estimate of drug-likeness (QED) is 0.598. The van der Waals surface area contributed by atoms with Gasteiger partial charge >= 0.3 is 0 Å². The van der Waals surface area contributed by atoms with E-state index in [1.807, 2.05) is 45.9 Å². The van der Waals surface area contributed by atoms with Crippen LogP contribution >= 0.6 is 0 Å². The molecule has 1 aliphatic rings. The van der Waals surface area contributed by atoms with Crippen LogP contribution < -0.4 is 5.73 Å². The Labute approximate surface area is 102 Å². The van der Waals surface area contributed by atoms with Gasteiger partial charge in [-0.2, -0.15) is 0 Å². The van der Waals surface area contributed by atoms with Gasteiger partial charge in [0.25, 0.3) is 0 Å². The highest BCUT2D eigenvalue weighted by molar-refractivity contribution is 5.59. The van der Waals surface area contributed by atoms with Gasteiger partial charge in [-0.15, -0.1) is 0 Å². The van der Waals surface area contributed by atoms with Crippen molar-refractivity contribution in [2.75, 3.05) is 5.73 Å². The molecular weight excluding hydrogens is 214 g/mol. The second kappa shape index (κ2) is 3.47. The third-order valence-electron chi connectivity index (χ3n) is 4.21. The molecule has 94 valence electrons. The highest BCUT2D eigenvalue weighted by atomic mass is 16.3. The van der Waals surface area contributed by atoms with Crippen molar-refractivity contribution in [2.24, 2.45) is 0 Å². The Morgan fingerprint density at radius 3 is 2.12 bits per heavy atom. The molecule has 0 saturated carbocycles. The highest BCUT2D eigenvalue weighted by Gasteiger charge is 2.50. The summed E-state index contributed by atoms with van der Waals surface area (Å²) in [6, 6.07) is 5.74. The van der Waals surface area contributed by atoms with Crippen molar-refractivity contribution in [3.8, 4) is 0 Å². The number of hydrogen-bond acceptors (Lipinski definition) is 3. The standard InChI is InChI=1S/C14H21NO2/c1-13(2)8-6-5-7-9(15)10(8)14(3,4)12(17)11(13)16/h5-7,11-12,16-17H,15H2,1-4H3. The fourth-order valence-corrected chi connectivity index (χ4v) is 2.92. The Bertz CT molecular complexity index is 452. The molecule has 4 N–H and O–H groups in total. The van der Waals surface area contributed by atoms with Gasteiger partial charge in [-0.1, -0.05) is 39.8 Å². The summed E-state index contributed by atoms with van der Waals surface area (Å²) in [6.45, 7) is 7.72. The summed E-state index contributed by atoms with van der Waals surface area (Å²) in [6.07, 6.45) is -1.60. The van der Waals surface area contributed by atoms with E-state index in [1.54, 1.807) is 0 Å². The van der Waals surface area contributed by atoms with Gasteiger partial charge in [0.15, 0.2) is 0 Å². The van der Waals surface area contributed by atoms with E-state index in [-0.39, 0.29) is 0 Å². The average Bonchev–Trinajstić information content (AvgIpc) is 2.24. The number of aliphatic hydroxyl groups is 2. The number of hydrogen-bond donors (Lipinski definition) is 3. The van der Waals surface area contributed by atoms with Crippen LogP contribution in [0.3, 0.4) is 0 Å². The van der Waals surface area contributed by atoms with Gasteiger partial charge in [0, 0.05) is 16.5 Å². The summed E-state index contributed by atoms with van der Waals surface area (Å²) in [5.74, 6) is 0. The van der Waals surface area contributed by atoms with Crippen molar-refractivity contribution in [1.82, 2.24) is 0 Å².